The molecule has 0 spiro atoms. The number of hydrogen-bond acceptors (Lipinski definition) is 4. The van der Waals surface area contributed by atoms with Crippen LogP contribution >= 0.6 is 34.8 Å². The Labute approximate surface area is 130 Å². The Morgan fingerprint density at radius 1 is 1.00 bits per heavy atom. The molecule has 0 amide bonds. The Balaban J connectivity index is 3.20. The molecule has 0 aliphatic rings. The van der Waals surface area contributed by atoms with Crippen LogP contribution in [0, 0.1) is 34.0 Å². The van der Waals surface area contributed by atoms with Crippen LogP contribution in [0.1, 0.15) is 5.56 Å². The van der Waals surface area contributed by atoms with Crippen molar-refractivity contribution < 1.29 is 0 Å². The molecule has 1 aromatic rings. The standard InChI is InChI=1S/C13H5Cl3N4/c14-12(13(15)16)8-2-1-3-10(4-8)20-11(7-19)9(5-17)6-18/h1-4,20H. The summed E-state index contributed by atoms with van der Waals surface area (Å²) in [6.07, 6.45) is 0. The second-order valence-corrected chi connectivity index (χ2v) is 4.69. The lowest BCUT2D eigenvalue weighted by Crippen LogP contribution is -2.00. The Hall–Kier alpha value is -2.16. The highest BCUT2D eigenvalue weighted by Crippen LogP contribution is 2.29. The van der Waals surface area contributed by atoms with E-state index < -0.39 is 0 Å². The number of halogens is 3. The van der Waals surface area contributed by atoms with Crippen molar-refractivity contribution in [2.75, 3.05) is 5.32 Å². The maximum absolute atomic E-state index is 8.94. The van der Waals surface area contributed by atoms with Crippen LogP contribution in [-0.4, -0.2) is 0 Å². The molecule has 0 heterocycles. The molecule has 0 radical (unpaired) electrons. The van der Waals surface area contributed by atoms with E-state index in [0.717, 1.165) is 0 Å². The number of nitriles is 3. The van der Waals surface area contributed by atoms with Crippen molar-refractivity contribution >= 4 is 45.5 Å². The number of allylic oxidation sites excluding steroid dienone is 2. The van der Waals surface area contributed by atoms with Gasteiger partial charge in [-0.05, 0) is 17.7 Å². The van der Waals surface area contributed by atoms with Crippen LogP contribution in [0.15, 0.2) is 40.0 Å². The average molecular weight is 324 g/mol. The fraction of sp³-hybridized carbons (Fsp3) is 0. The van der Waals surface area contributed by atoms with Gasteiger partial charge in [0, 0.05) is 5.69 Å². The molecular formula is C13H5Cl3N4. The van der Waals surface area contributed by atoms with Crippen molar-refractivity contribution in [1.29, 1.82) is 15.8 Å². The second kappa shape index (κ2) is 7.43. The topological polar surface area (TPSA) is 83.4 Å². The zero-order valence-electron chi connectivity index (χ0n) is 9.78. The van der Waals surface area contributed by atoms with E-state index >= 15 is 0 Å². The highest BCUT2D eigenvalue weighted by molar-refractivity contribution is 6.66. The van der Waals surface area contributed by atoms with Gasteiger partial charge < -0.3 is 5.32 Å². The van der Waals surface area contributed by atoms with Gasteiger partial charge in [0.25, 0.3) is 0 Å². The summed E-state index contributed by atoms with van der Waals surface area (Å²) in [5, 5.41) is 29.2. The van der Waals surface area contributed by atoms with Gasteiger partial charge in [-0.2, -0.15) is 15.8 Å². The van der Waals surface area contributed by atoms with Crippen molar-refractivity contribution in [3.8, 4) is 18.2 Å². The maximum atomic E-state index is 8.94. The van der Waals surface area contributed by atoms with Crippen LogP contribution in [-0.2, 0) is 0 Å². The predicted molar refractivity (Wildman–Crippen MR) is 78.4 cm³/mol. The maximum Gasteiger partial charge on any atom is 0.163 e. The van der Waals surface area contributed by atoms with Gasteiger partial charge in [0.15, 0.2) is 5.57 Å². The zero-order valence-corrected chi connectivity index (χ0v) is 12.1. The monoisotopic (exact) mass is 322 g/mol. The summed E-state index contributed by atoms with van der Waals surface area (Å²) < 4.78 is -0.0883. The van der Waals surface area contributed by atoms with Crippen LogP contribution < -0.4 is 5.32 Å². The van der Waals surface area contributed by atoms with E-state index in [1.54, 1.807) is 42.5 Å². The van der Waals surface area contributed by atoms with Crippen molar-refractivity contribution in [2.45, 2.75) is 0 Å². The van der Waals surface area contributed by atoms with Gasteiger partial charge in [0.05, 0.1) is 5.03 Å². The largest absolute Gasteiger partial charge is 0.345 e. The molecule has 7 heteroatoms. The molecule has 0 aromatic heterocycles. The summed E-state index contributed by atoms with van der Waals surface area (Å²) in [6, 6.07) is 11.6. The van der Waals surface area contributed by atoms with Crippen LogP contribution in [0.4, 0.5) is 5.69 Å². The molecule has 1 aromatic carbocycles. The van der Waals surface area contributed by atoms with E-state index in [9.17, 15) is 0 Å². The summed E-state index contributed by atoms with van der Waals surface area (Å²) in [5.41, 5.74) is 0.540. The first-order chi connectivity index (χ1) is 9.53. The Bertz CT molecular complexity index is 694. The molecule has 4 nitrogen and oxygen atoms in total. The smallest absolute Gasteiger partial charge is 0.163 e. The van der Waals surface area contributed by atoms with Crippen LogP contribution in [0.2, 0.25) is 0 Å². The third-order valence-corrected chi connectivity index (χ3v) is 3.12. The van der Waals surface area contributed by atoms with Gasteiger partial charge in [0.1, 0.15) is 28.4 Å². The molecule has 1 rings (SSSR count). The Morgan fingerprint density at radius 3 is 2.15 bits per heavy atom. The molecule has 1 N–H and O–H groups in total. The first-order valence-electron chi connectivity index (χ1n) is 5.06. The molecule has 0 atom stereocenters. The van der Waals surface area contributed by atoms with Gasteiger partial charge in [-0.25, -0.2) is 0 Å². The number of nitrogens with zero attached hydrogens (tertiary/aromatic N) is 3. The normalized spacial score (nSPS) is 8.60. The molecule has 20 heavy (non-hydrogen) atoms. The minimum absolute atomic E-state index is 0.0883. The highest BCUT2D eigenvalue weighted by Gasteiger charge is 2.08. The fourth-order valence-electron chi connectivity index (χ4n) is 1.27. The molecule has 0 saturated heterocycles. The van der Waals surface area contributed by atoms with E-state index in [0.29, 0.717) is 11.3 Å². The lowest BCUT2D eigenvalue weighted by atomic mass is 10.2. The molecular weight excluding hydrogens is 319 g/mol. The zero-order chi connectivity index (χ0) is 15.1. The van der Waals surface area contributed by atoms with Crippen LogP contribution in [0.5, 0.6) is 0 Å². The number of anilines is 1. The van der Waals surface area contributed by atoms with E-state index in [1.165, 1.54) is 0 Å². The second-order valence-electron chi connectivity index (χ2n) is 3.37. The minimum atomic E-state index is -0.310. The number of rotatable bonds is 3. The lowest BCUT2D eigenvalue weighted by molar-refractivity contribution is 1.37. The van der Waals surface area contributed by atoms with Crippen LogP contribution in [0.25, 0.3) is 5.03 Å². The SMILES string of the molecule is N#CC(C#N)=C(C#N)Nc1cccc(C(Cl)=C(Cl)Cl)c1. The van der Waals surface area contributed by atoms with Gasteiger partial charge in [-0.1, -0.05) is 46.9 Å². The van der Waals surface area contributed by atoms with Crippen molar-refractivity contribution in [3.63, 3.8) is 0 Å². The molecule has 0 unspecified atom stereocenters. The van der Waals surface area contributed by atoms with Gasteiger partial charge in [0.2, 0.25) is 0 Å². The highest BCUT2D eigenvalue weighted by atomic mass is 35.5. The molecule has 0 saturated carbocycles. The van der Waals surface area contributed by atoms with Gasteiger partial charge in [-0.15, -0.1) is 0 Å². The first-order valence-corrected chi connectivity index (χ1v) is 6.19. The number of nitrogens with one attached hydrogen (secondary N) is 1. The number of hydrogen-bond donors (Lipinski definition) is 1. The van der Waals surface area contributed by atoms with Crippen molar-refractivity contribution in [1.82, 2.24) is 0 Å². The average Bonchev–Trinajstić information content (AvgIpc) is 2.46. The summed E-state index contributed by atoms with van der Waals surface area (Å²) in [7, 11) is 0. The quantitative estimate of drug-likeness (QED) is 0.842. The van der Waals surface area contributed by atoms with E-state index in [2.05, 4.69) is 5.32 Å². The van der Waals surface area contributed by atoms with E-state index in [-0.39, 0.29) is 20.8 Å². The first kappa shape index (κ1) is 15.9. The van der Waals surface area contributed by atoms with Gasteiger partial charge >= 0.3 is 0 Å². The summed E-state index contributed by atoms with van der Waals surface area (Å²) in [5.74, 6) is 0. The third kappa shape index (κ3) is 3.92. The van der Waals surface area contributed by atoms with Crippen LogP contribution in [0.3, 0.4) is 0 Å². The molecule has 0 fully saturated rings. The lowest BCUT2D eigenvalue weighted by Gasteiger charge is -2.07. The summed E-state index contributed by atoms with van der Waals surface area (Å²) in [6.45, 7) is 0. The fourth-order valence-corrected chi connectivity index (χ4v) is 1.61. The van der Waals surface area contributed by atoms with Gasteiger partial charge in [-0.3, -0.25) is 0 Å². The molecule has 98 valence electrons. The van der Waals surface area contributed by atoms with E-state index in [1.807, 2.05) is 0 Å². The summed E-state index contributed by atoms with van der Waals surface area (Å²) in [4.78, 5) is 0. The van der Waals surface area contributed by atoms with Crippen molar-refractivity contribution in [2.24, 2.45) is 0 Å². The summed E-state index contributed by atoms with van der Waals surface area (Å²) >= 11 is 17.1. The molecule has 0 bridgehead atoms. The minimum Gasteiger partial charge on any atom is -0.345 e. The molecule has 0 aliphatic heterocycles. The predicted octanol–water partition coefficient (Wildman–Crippen LogP) is 4.27. The Morgan fingerprint density at radius 2 is 1.65 bits per heavy atom. The number of benzene rings is 1. The third-order valence-electron chi connectivity index (χ3n) is 2.14. The van der Waals surface area contributed by atoms with Crippen molar-refractivity contribution in [3.05, 3.63) is 45.6 Å². The Kier molecular flexibility index (Phi) is 5.91. The van der Waals surface area contributed by atoms with E-state index in [4.69, 9.17) is 50.6 Å². The molecule has 0 aliphatic carbocycles.